The molecule has 8 heteroatoms. The van der Waals surface area contributed by atoms with Crippen LogP contribution in [0.1, 0.15) is 20.7 Å². The fraction of sp³-hybridized carbons (Fsp3) is 0.364. The van der Waals surface area contributed by atoms with E-state index >= 15 is 0 Å². The van der Waals surface area contributed by atoms with Crippen LogP contribution in [0.2, 0.25) is 0 Å². The predicted molar refractivity (Wildman–Crippen MR) is 111 cm³/mol. The van der Waals surface area contributed by atoms with Crippen molar-refractivity contribution in [2.24, 2.45) is 0 Å². The minimum absolute atomic E-state index is 0.127. The van der Waals surface area contributed by atoms with Crippen LogP contribution in [0.5, 0.6) is 23.0 Å². The molecular weight excluding hydrogens is 388 g/mol. The molecule has 1 fully saturated rings. The number of carbonyl (C=O) groups excluding carboxylic acids is 2. The Labute approximate surface area is 175 Å². The summed E-state index contributed by atoms with van der Waals surface area (Å²) in [6, 6.07) is 10.3. The summed E-state index contributed by atoms with van der Waals surface area (Å²) in [5.41, 5.74) is 0.926. The molecule has 0 aliphatic carbocycles. The summed E-state index contributed by atoms with van der Waals surface area (Å²) < 4.78 is 21.2. The minimum atomic E-state index is -0.152. The molecule has 1 saturated heterocycles. The Kier molecular flexibility index (Phi) is 6.66. The number of amides is 2. The Morgan fingerprint density at radius 3 is 1.80 bits per heavy atom. The van der Waals surface area contributed by atoms with Crippen molar-refractivity contribution < 1.29 is 28.5 Å². The first kappa shape index (κ1) is 21.3. The standard InChI is InChI=1S/C22H26N2O6/c1-27-16-12-15(13-17(14-16)28-2)21(25)23-8-10-24(11-9-23)22(26)18-6-5-7-19(29-3)20(18)30-4/h5-7,12-14H,8-11H2,1-4H3. The van der Waals surface area contributed by atoms with E-state index in [1.165, 1.54) is 14.2 Å². The van der Waals surface area contributed by atoms with Gasteiger partial charge in [-0.15, -0.1) is 0 Å². The first-order valence-corrected chi connectivity index (χ1v) is 9.55. The van der Waals surface area contributed by atoms with Gasteiger partial charge in [-0.05, 0) is 24.3 Å². The van der Waals surface area contributed by atoms with Gasteiger partial charge in [0.1, 0.15) is 11.5 Å². The van der Waals surface area contributed by atoms with E-state index in [0.29, 0.717) is 60.3 Å². The highest BCUT2D eigenvalue weighted by molar-refractivity contribution is 5.98. The number of carbonyl (C=O) groups is 2. The molecule has 0 saturated carbocycles. The van der Waals surface area contributed by atoms with Crippen molar-refractivity contribution in [2.45, 2.75) is 0 Å². The van der Waals surface area contributed by atoms with Crippen LogP contribution in [0.25, 0.3) is 0 Å². The largest absolute Gasteiger partial charge is 0.497 e. The van der Waals surface area contributed by atoms with E-state index < -0.39 is 0 Å². The topological polar surface area (TPSA) is 77.5 Å². The van der Waals surface area contributed by atoms with E-state index in [1.807, 2.05) is 0 Å². The molecule has 2 amide bonds. The van der Waals surface area contributed by atoms with Crippen molar-refractivity contribution >= 4 is 11.8 Å². The lowest BCUT2D eigenvalue weighted by Gasteiger charge is -2.35. The van der Waals surface area contributed by atoms with Gasteiger partial charge < -0.3 is 28.7 Å². The summed E-state index contributed by atoms with van der Waals surface area (Å²) >= 11 is 0. The SMILES string of the molecule is COc1cc(OC)cc(C(=O)N2CCN(C(=O)c3cccc(OC)c3OC)CC2)c1. The van der Waals surface area contributed by atoms with Gasteiger partial charge in [0.05, 0.1) is 34.0 Å². The van der Waals surface area contributed by atoms with Crippen LogP contribution >= 0.6 is 0 Å². The summed E-state index contributed by atoms with van der Waals surface area (Å²) in [6.07, 6.45) is 0. The molecule has 1 aliphatic rings. The molecule has 0 atom stereocenters. The van der Waals surface area contributed by atoms with Crippen LogP contribution in [0.4, 0.5) is 0 Å². The van der Waals surface area contributed by atoms with Crippen LogP contribution < -0.4 is 18.9 Å². The Hall–Kier alpha value is -3.42. The second kappa shape index (κ2) is 9.39. The number of para-hydroxylation sites is 1. The maximum atomic E-state index is 13.0. The van der Waals surface area contributed by atoms with Crippen LogP contribution in [-0.4, -0.2) is 76.2 Å². The van der Waals surface area contributed by atoms with E-state index in [-0.39, 0.29) is 11.8 Å². The second-order valence-electron chi connectivity index (χ2n) is 6.73. The number of methoxy groups -OCH3 is 4. The number of hydrogen-bond donors (Lipinski definition) is 0. The summed E-state index contributed by atoms with van der Waals surface area (Å²) in [5.74, 6) is 1.74. The summed E-state index contributed by atoms with van der Waals surface area (Å²) in [7, 11) is 6.12. The lowest BCUT2D eigenvalue weighted by Crippen LogP contribution is -2.50. The molecule has 8 nitrogen and oxygen atoms in total. The van der Waals surface area contributed by atoms with Gasteiger partial charge in [-0.3, -0.25) is 9.59 Å². The molecule has 1 aliphatic heterocycles. The third-order valence-corrected chi connectivity index (χ3v) is 5.09. The van der Waals surface area contributed by atoms with Crippen molar-refractivity contribution in [1.82, 2.24) is 9.80 Å². The summed E-state index contributed by atoms with van der Waals surface area (Å²) in [5, 5.41) is 0. The van der Waals surface area contributed by atoms with Gasteiger partial charge >= 0.3 is 0 Å². The highest BCUT2D eigenvalue weighted by Crippen LogP contribution is 2.32. The van der Waals surface area contributed by atoms with E-state index in [0.717, 1.165) is 0 Å². The Morgan fingerprint density at radius 1 is 0.733 bits per heavy atom. The fourth-order valence-corrected chi connectivity index (χ4v) is 3.45. The normalized spacial score (nSPS) is 13.6. The van der Waals surface area contributed by atoms with Crippen molar-refractivity contribution in [1.29, 1.82) is 0 Å². The summed E-state index contributed by atoms with van der Waals surface area (Å²) in [6.45, 7) is 1.70. The zero-order chi connectivity index (χ0) is 21.7. The molecular formula is C22H26N2O6. The maximum Gasteiger partial charge on any atom is 0.257 e. The molecule has 0 radical (unpaired) electrons. The van der Waals surface area contributed by atoms with Crippen molar-refractivity contribution in [2.75, 3.05) is 54.6 Å². The Balaban J connectivity index is 1.71. The van der Waals surface area contributed by atoms with Gasteiger partial charge in [-0.1, -0.05) is 6.07 Å². The van der Waals surface area contributed by atoms with Gasteiger partial charge in [0.25, 0.3) is 11.8 Å². The van der Waals surface area contributed by atoms with Crippen LogP contribution in [0.15, 0.2) is 36.4 Å². The van der Waals surface area contributed by atoms with Gasteiger partial charge in [0.2, 0.25) is 0 Å². The molecule has 2 aromatic carbocycles. The zero-order valence-electron chi connectivity index (χ0n) is 17.6. The fourth-order valence-electron chi connectivity index (χ4n) is 3.45. The average Bonchev–Trinajstić information content (AvgIpc) is 2.82. The van der Waals surface area contributed by atoms with Gasteiger partial charge in [0.15, 0.2) is 11.5 Å². The third-order valence-electron chi connectivity index (χ3n) is 5.09. The predicted octanol–water partition coefficient (Wildman–Crippen LogP) is 2.32. The maximum absolute atomic E-state index is 13.0. The number of hydrogen-bond acceptors (Lipinski definition) is 6. The minimum Gasteiger partial charge on any atom is -0.497 e. The Morgan fingerprint density at radius 2 is 1.30 bits per heavy atom. The molecule has 0 unspecified atom stereocenters. The van der Waals surface area contributed by atoms with E-state index in [1.54, 1.807) is 60.4 Å². The lowest BCUT2D eigenvalue weighted by molar-refractivity contribution is 0.0533. The monoisotopic (exact) mass is 414 g/mol. The van der Waals surface area contributed by atoms with E-state index in [9.17, 15) is 9.59 Å². The first-order valence-electron chi connectivity index (χ1n) is 9.55. The van der Waals surface area contributed by atoms with Crippen molar-refractivity contribution in [3.8, 4) is 23.0 Å². The molecule has 0 spiro atoms. The number of ether oxygens (including phenoxy) is 4. The molecule has 30 heavy (non-hydrogen) atoms. The van der Waals surface area contributed by atoms with Gasteiger partial charge in [-0.2, -0.15) is 0 Å². The number of rotatable bonds is 6. The lowest BCUT2D eigenvalue weighted by atomic mass is 10.1. The number of nitrogens with zero attached hydrogens (tertiary/aromatic N) is 2. The second-order valence-corrected chi connectivity index (χ2v) is 6.73. The van der Waals surface area contributed by atoms with E-state index in [2.05, 4.69) is 0 Å². The molecule has 0 aromatic heterocycles. The molecule has 160 valence electrons. The Bertz CT molecular complexity index is 900. The smallest absolute Gasteiger partial charge is 0.257 e. The third kappa shape index (κ3) is 4.27. The molecule has 3 rings (SSSR count). The number of benzene rings is 2. The van der Waals surface area contributed by atoms with Gasteiger partial charge in [0, 0.05) is 37.8 Å². The average molecular weight is 414 g/mol. The summed E-state index contributed by atoms with van der Waals surface area (Å²) in [4.78, 5) is 29.4. The highest BCUT2D eigenvalue weighted by atomic mass is 16.5. The van der Waals surface area contributed by atoms with Crippen molar-refractivity contribution in [3.05, 3.63) is 47.5 Å². The molecule has 2 aromatic rings. The molecule has 0 bridgehead atoms. The van der Waals surface area contributed by atoms with Crippen LogP contribution in [0, 0.1) is 0 Å². The molecule has 1 heterocycles. The van der Waals surface area contributed by atoms with Crippen molar-refractivity contribution in [3.63, 3.8) is 0 Å². The van der Waals surface area contributed by atoms with Crippen LogP contribution in [-0.2, 0) is 0 Å². The zero-order valence-corrected chi connectivity index (χ0v) is 17.6. The quantitative estimate of drug-likeness (QED) is 0.722. The van der Waals surface area contributed by atoms with E-state index in [4.69, 9.17) is 18.9 Å². The van der Waals surface area contributed by atoms with Gasteiger partial charge in [-0.25, -0.2) is 0 Å². The number of piperazine rings is 1. The first-order chi connectivity index (χ1) is 14.5. The van der Waals surface area contributed by atoms with Crippen LogP contribution in [0.3, 0.4) is 0 Å². The highest BCUT2D eigenvalue weighted by Gasteiger charge is 2.28. The molecule has 0 N–H and O–H groups in total.